The number of amides is 1. The Labute approximate surface area is 170 Å². The largest absolute Gasteiger partial charge is 0.493 e. The second kappa shape index (κ2) is 9.32. The van der Waals surface area contributed by atoms with Crippen LogP contribution in [-0.4, -0.2) is 39.3 Å². The first kappa shape index (κ1) is 22.1. The number of carbonyl (C=O) groups excluding carboxylic acids is 2. The van der Waals surface area contributed by atoms with Gasteiger partial charge in [-0.15, -0.1) is 0 Å². The highest BCUT2D eigenvalue weighted by molar-refractivity contribution is 6.03. The summed E-state index contributed by atoms with van der Waals surface area (Å²) in [7, 11) is 4.19. The molecular weight excluding hydrogens is 374 g/mol. The molecule has 0 aliphatic carbocycles. The minimum Gasteiger partial charge on any atom is -0.493 e. The Morgan fingerprint density at radius 2 is 1.52 bits per heavy atom. The molecule has 0 bridgehead atoms. The maximum Gasteiger partial charge on any atom is 0.340 e. The molecule has 0 fully saturated rings. The number of rotatable bonds is 7. The highest BCUT2D eigenvalue weighted by Crippen LogP contribution is 2.34. The van der Waals surface area contributed by atoms with Gasteiger partial charge in [0.25, 0.3) is 5.91 Å². The standard InChI is InChI=1S/C22H27NO6/c1-12-8-13(2)14(3)18(9-12)29-15(4)21(24)23-17-11-20(27-6)19(26-5)10-16(17)22(25)28-7/h8-11,15H,1-7H3,(H,23,24)/t15-/m0/s1. The zero-order chi connectivity index (χ0) is 21.7. The van der Waals surface area contributed by atoms with E-state index in [1.54, 1.807) is 6.92 Å². The number of anilines is 1. The van der Waals surface area contributed by atoms with E-state index in [2.05, 4.69) is 11.4 Å². The average molecular weight is 401 g/mol. The second-order valence-corrected chi connectivity index (χ2v) is 6.70. The van der Waals surface area contributed by atoms with Gasteiger partial charge in [-0.3, -0.25) is 4.79 Å². The van der Waals surface area contributed by atoms with Gasteiger partial charge in [0.2, 0.25) is 0 Å². The van der Waals surface area contributed by atoms with Gasteiger partial charge < -0.3 is 24.3 Å². The zero-order valence-electron chi connectivity index (χ0n) is 17.8. The lowest BCUT2D eigenvalue weighted by Gasteiger charge is -2.19. The van der Waals surface area contributed by atoms with E-state index in [4.69, 9.17) is 18.9 Å². The Hall–Kier alpha value is -3.22. The van der Waals surface area contributed by atoms with Crippen LogP contribution in [0.15, 0.2) is 24.3 Å². The molecule has 0 aromatic heterocycles. The lowest BCUT2D eigenvalue weighted by molar-refractivity contribution is -0.122. The topological polar surface area (TPSA) is 83.1 Å². The molecule has 0 aliphatic heterocycles. The molecule has 0 saturated carbocycles. The van der Waals surface area contributed by atoms with Crippen LogP contribution in [0.4, 0.5) is 5.69 Å². The van der Waals surface area contributed by atoms with Gasteiger partial charge in [-0.2, -0.15) is 0 Å². The van der Waals surface area contributed by atoms with Gasteiger partial charge in [0.15, 0.2) is 17.6 Å². The third kappa shape index (κ3) is 4.99. The molecule has 1 N–H and O–H groups in total. The number of nitrogens with one attached hydrogen (secondary N) is 1. The number of aryl methyl sites for hydroxylation is 2. The van der Waals surface area contributed by atoms with Gasteiger partial charge in [-0.25, -0.2) is 4.79 Å². The minimum atomic E-state index is -0.798. The van der Waals surface area contributed by atoms with Gasteiger partial charge >= 0.3 is 5.97 Å². The van der Waals surface area contributed by atoms with Crippen molar-refractivity contribution in [3.05, 3.63) is 46.5 Å². The van der Waals surface area contributed by atoms with Crippen molar-refractivity contribution in [2.24, 2.45) is 0 Å². The number of hydrogen-bond acceptors (Lipinski definition) is 6. The maximum absolute atomic E-state index is 12.8. The van der Waals surface area contributed by atoms with Crippen LogP contribution in [0.2, 0.25) is 0 Å². The van der Waals surface area contributed by atoms with Gasteiger partial charge in [0.1, 0.15) is 5.75 Å². The van der Waals surface area contributed by atoms with E-state index >= 15 is 0 Å². The molecule has 2 rings (SSSR count). The van der Waals surface area contributed by atoms with Gasteiger partial charge in [-0.05, 0) is 50.5 Å². The summed E-state index contributed by atoms with van der Waals surface area (Å²) in [5.41, 5.74) is 3.49. The predicted molar refractivity (Wildman–Crippen MR) is 110 cm³/mol. The SMILES string of the molecule is COC(=O)c1cc(OC)c(OC)cc1NC(=O)[C@H](C)Oc1cc(C)cc(C)c1C. The highest BCUT2D eigenvalue weighted by Gasteiger charge is 2.22. The molecule has 1 atom stereocenters. The first-order chi connectivity index (χ1) is 13.7. The monoisotopic (exact) mass is 401 g/mol. The molecule has 7 heteroatoms. The van der Waals surface area contributed by atoms with Crippen molar-refractivity contribution < 1.29 is 28.5 Å². The summed E-state index contributed by atoms with van der Waals surface area (Å²) in [4.78, 5) is 24.9. The number of benzene rings is 2. The number of esters is 1. The average Bonchev–Trinajstić information content (AvgIpc) is 2.70. The number of ether oxygens (including phenoxy) is 4. The summed E-state index contributed by atoms with van der Waals surface area (Å²) in [6.07, 6.45) is -0.798. The van der Waals surface area contributed by atoms with Crippen LogP contribution in [0.5, 0.6) is 17.2 Å². The smallest absolute Gasteiger partial charge is 0.340 e. The molecule has 0 radical (unpaired) electrons. The Bertz CT molecular complexity index is 922. The fraction of sp³-hybridized carbons (Fsp3) is 0.364. The van der Waals surface area contributed by atoms with Crippen molar-refractivity contribution in [2.75, 3.05) is 26.6 Å². The van der Waals surface area contributed by atoms with Crippen molar-refractivity contribution in [3.63, 3.8) is 0 Å². The van der Waals surface area contributed by atoms with E-state index in [1.165, 1.54) is 33.5 Å². The van der Waals surface area contributed by atoms with E-state index in [1.807, 2.05) is 26.8 Å². The summed E-state index contributed by atoms with van der Waals surface area (Å²) in [5.74, 6) is 0.335. The van der Waals surface area contributed by atoms with Crippen LogP contribution in [0.25, 0.3) is 0 Å². The van der Waals surface area contributed by atoms with Crippen LogP contribution in [-0.2, 0) is 9.53 Å². The van der Waals surface area contributed by atoms with Crippen molar-refractivity contribution in [1.29, 1.82) is 0 Å². The first-order valence-corrected chi connectivity index (χ1v) is 9.11. The molecule has 156 valence electrons. The summed E-state index contributed by atoms with van der Waals surface area (Å²) >= 11 is 0. The lowest BCUT2D eigenvalue weighted by atomic mass is 10.1. The van der Waals surface area contributed by atoms with E-state index in [-0.39, 0.29) is 11.3 Å². The fourth-order valence-electron chi connectivity index (χ4n) is 2.86. The third-order valence-electron chi connectivity index (χ3n) is 4.62. The van der Waals surface area contributed by atoms with Crippen LogP contribution < -0.4 is 19.5 Å². The minimum absolute atomic E-state index is 0.147. The van der Waals surface area contributed by atoms with Gasteiger partial charge in [0, 0.05) is 12.1 Å². The molecule has 1 amide bonds. The number of hydrogen-bond donors (Lipinski definition) is 1. The zero-order valence-corrected chi connectivity index (χ0v) is 17.8. The third-order valence-corrected chi connectivity index (χ3v) is 4.62. The van der Waals surface area contributed by atoms with E-state index in [0.29, 0.717) is 17.2 Å². The van der Waals surface area contributed by atoms with Crippen molar-refractivity contribution >= 4 is 17.6 Å². The van der Waals surface area contributed by atoms with Crippen molar-refractivity contribution in [3.8, 4) is 17.2 Å². The van der Waals surface area contributed by atoms with Crippen LogP contribution in [0.1, 0.15) is 34.0 Å². The fourth-order valence-corrected chi connectivity index (χ4v) is 2.86. The number of carbonyl (C=O) groups is 2. The number of methoxy groups -OCH3 is 3. The Kier molecular flexibility index (Phi) is 7.09. The maximum atomic E-state index is 12.8. The normalized spacial score (nSPS) is 11.4. The molecule has 0 aliphatic rings. The molecule has 0 saturated heterocycles. The van der Waals surface area contributed by atoms with Gasteiger partial charge in [-0.1, -0.05) is 6.07 Å². The van der Waals surface area contributed by atoms with Crippen LogP contribution in [0.3, 0.4) is 0 Å². The molecular formula is C22H27NO6. The van der Waals surface area contributed by atoms with Crippen LogP contribution >= 0.6 is 0 Å². The highest BCUT2D eigenvalue weighted by atomic mass is 16.5. The molecule has 0 spiro atoms. The van der Waals surface area contributed by atoms with E-state index in [9.17, 15) is 9.59 Å². The predicted octanol–water partition coefficient (Wildman–Crippen LogP) is 3.82. The Balaban J connectivity index is 2.30. The molecule has 7 nitrogen and oxygen atoms in total. The Morgan fingerprint density at radius 3 is 2.10 bits per heavy atom. The van der Waals surface area contributed by atoms with Gasteiger partial charge in [0.05, 0.1) is 32.6 Å². The summed E-state index contributed by atoms with van der Waals surface area (Å²) in [5, 5.41) is 2.72. The molecule has 2 aromatic rings. The summed E-state index contributed by atoms with van der Waals surface area (Å²) in [6, 6.07) is 6.92. The van der Waals surface area contributed by atoms with E-state index in [0.717, 1.165) is 16.7 Å². The van der Waals surface area contributed by atoms with Crippen molar-refractivity contribution in [1.82, 2.24) is 0 Å². The second-order valence-electron chi connectivity index (χ2n) is 6.70. The molecule has 0 unspecified atom stereocenters. The molecule has 2 aromatic carbocycles. The summed E-state index contributed by atoms with van der Waals surface area (Å²) in [6.45, 7) is 7.55. The first-order valence-electron chi connectivity index (χ1n) is 9.11. The van der Waals surface area contributed by atoms with Crippen molar-refractivity contribution in [2.45, 2.75) is 33.8 Å². The molecule has 29 heavy (non-hydrogen) atoms. The molecule has 0 heterocycles. The van der Waals surface area contributed by atoms with Crippen LogP contribution in [0, 0.1) is 20.8 Å². The quantitative estimate of drug-likeness (QED) is 0.710. The lowest BCUT2D eigenvalue weighted by Crippen LogP contribution is -2.31. The van der Waals surface area contributed by atoms with E-state index < -0.39 is 18.0 Å². The Morgan fingerprint density at radius 1 is 0.897 bits per heavy atom. The summed E-state index contributed by atoms with van der Waals surface area (Å²) < 4.78 is 21.2.